The molecule has 0 aromatic heterocycles. The average molecular weight is 404 g/mol. The third-order valence-electron chi connectivity index (χ3n) is 4.38. The van der Waals surface area contributed by atoms with Gasteiger partial charge in [-0.3, -0.25) is 0 Å². The monoisotopic (exact) mass is 404 g/mol. The molecule has 0 saturated carbocycles. The molecule has 0 saturated heterocycles. The Kier molecular flexibility index (Phi) is 9.28. The maximum Gasteiger partial charge on any atom is 0.343 e. The molecule has 0 fully saturated rings. The van der Waals surface area contributed by atoms with Crippen LogP contribution in [0.5, 0.6) is 5.75 Å². The van der Waals surface area contributed by atoms with Crippen molar-refractivity contribution in [3.05, 3.63) is 65.2 Å². The summed E-state index contributed by atoms with van der Waals surface area (Å²) in [5, 5.41) is 0. The Balaban J connectivity index is 1.77. The number of hydrogen-bond donors (Lipinski definition) is 0. The van der Waals surface area contributed by atoms with Gasteiger partial charge in [-0.25, -0.2) is 18.4 Å². The molecule has 0 bridgehead atoms. The quantitative estimate of drug-likeness (QED) is 0.258. The van der Waals surface area contributed by atoms with Crippen molar-refractivity contribution in [3.8, 4) is 5.75 Å². The van der Waals surface area contributed by atoms with Crippen LogP contribution in [0, 0.1) is 11.6 Å². The lowest BCUT2D eigenvalue weighted by atomic mass is 10.1. The van der Waals surface area contributed by atoms with E-state index in [1.54, 1.807) is 0 Å². The standard InChI is InChI=1S/C23H26F2O4/c1-2-3-4-5-6-7-8-13-28-22(26)17-9-11-18(12-10-17)23(27)29-21-15-19(24)14-20(25)16-21/h9-12,14-16H,2-8,13H2,1H3. The van der Waals surface area contributed by atoms with E-state index in [-0.39, 0.29) is 11.3 Å². The normalized spacial score (nSPS) is 10.6. The van der Waals surface area contributed by atoms with Gasteiger partial charge in [0.25, 0.3) is 0 Å². The van der Waals surface area contributed by atoms with Crippen LogP contribution in [0.1, 0.15) is 72.6 Å². The van der Waals surface area contributed by atoms with E-state index in [0.29, 0.717) is 18.2 Å². The molecule has 0 aliphatic rings. The van der Waals surface area contributed by atoms with Crippen LogP contribution in [0.3, 0.4) is 0 Å². The third kappa shape index (κ3) is 8.02. The Morgan fingerprint density at radius 3 is 1.86 bits per heavy atom. The number of esters is 2. The summed E-state index contributed by atoms with van der Waals surface area (Å²) in [6, 6.07) is 8.23. The first-order valence-corrected chi connectivity index (χ1v) is 9.95. The molecule has 0 N–H and O–H groups in total. The SMILES string of the molecule is CCCCCCCCCOC(=O)c1ccc(C(=O)Oc2cc(F)cc(F)c2)cc1. The molecule has 0 radical (unpaired) electrons. The number of unbranched alkanes of at least 4 members (excludes halogenated alkanes) is 6. The first kappa shape index (κ1) is 22.5. The number of halogens is 2. The maximum absolute atomic E-state index is 13.2. The van der Waals surface area contributed by atoms with Crippen molar-refractivity contribution < 1.29 is 27.8 Å². The minimum Gasteiger partial charge on any atom is -0.462 e. The van der Waals surface area contributed by atoms with Crippen LogP contribution in [0.15, 0.2) is 42.5 Å². The second kappa shape index (κ2) is 11.9. The van der Waals surface area contributed by atoms with Gasteiger partial charge in [-0.2, -0.15) is 0 Å². The topological polar surface area (TPSA) is 52.6 Å². The lowest BCUT2D eigenvalue weighted by Crippen LogP contribution is -2.10. The van der Waals surface area contributed by atoms with Crippen LogP contribution in [0.25, 0.3) is 0 Å². The average Bonchev–Trinajstić information content (AvgIpc) is 2.69. The minimum absolute atomic E-state index is 0.151. The summed E-state index contributed by atoms with van der Waals surface area (Å²) in [5.74, 6) is -3.15. The predicted molar refractivity (Wildman–Crippen MR) is 106 cm³/mol. The first-order chi connectivity index (χ1) is 14.0. The van der Waals surface area contributed by atoms with Crippen molar-refractivity contribution in [1.82, 2.24) is 0 Å². The number of rotatable bonds is 11. The highest BCUT2D eigenvalue weighted by molar-refractivity contribution is 5.94. The summed E-state index contributed by atoms with van der Waals surface area (Å²) >= 11 is 0. The number of ether oxygens (including phenoxy) is 2. The van der Waals surface area contributed by atoms with Gasteiger partial charge in [-0.1, -0.05) is 45.4 Å². The molecule has 0 unspecified atom stereocenters. The van der Waals surface area contributed by atoms with Gasteiger partial charge >= 0.3 is 11.9 Å². The molecule has 0 atom stereocenters. The number of hydrogen-bond acceptors (Lipinski definition) is 4. The highest BCUT2D eigenvalue weighted by atomic mass is 19.1. The first-order valence-electron chi connectivity index (χ1n) is 9.95. The zero-order valence-electron chi connectivity index (χ0n) is 16.6. The zero-order chi connectivity index (χ0) is 21.1. The molecule has 156 valence electrons. The molecular weight excluding hydrogens is 378 g/mol. The number of carbonyl (C=O) groups excluding carboxylic acids is 2. The minimum atomic E-state index is -0.841. The summed E-state index contributed by atoms with van der Waals surface area (Å²) < 4.78 is 36.5. The zero-order valence-corrected chi connectivity index (χ0v) is 16.6. The van der Waals surface area contributed by atoms with Gasteiger partial charge in [0.2, 0.25) is 0 Å². The summed E-state index contributed by atoms with van der Waals surface area (Å²) in [5.41, 5.74) is 0.472. The molecule has 4 nitrogen and oxygen atoms in total. The van der Waals surface area contributed by atoms with E-state index in [2.05, 4.69) is 6.92 Å². The van der Waals surface area contributed by atoms with Crippen molar-refractivity contribution in [2.24, 2.45) is 0 Å². The molecule has 2 aromatic rings. The number of benzene rings is 2. The predicted octanol–water partition coefficient (Wildman–Crippen LogP) is 6.09. The van der Waals surface area contributed by atoms with Gasteiger partial charge in [0, 0.05) is 18.2 Å². The maximum atomic E-state index is 13.2. The van der Waals surface area contributed by atoms with Gasteiger partial charge in [0.05, 0.1) is 17.7 Å². The Bertz CT molecular complexity index is 783. The van der Waals surface area contributed by atoms with Crippen molar-refractivity contribution in [2.75, 3.05) is 6.61 Å². The van der Waals surface area contributed by atoms with E-state index in [1.807, 2.05) is 0 Å². The fourth-order valence-electron chi connectivity index (χ4n) is 2.80. The lowest BCUT2D eigenvalue weighted by Gasteiger charge is -2.07. The van der Waals surface area contributed by atoms with E-state index in [0.717, 1.165) is 31.4 Å². The molecule has 0 aliphatic carbocycles. The second-order valence-corrected chi connectivity index (χ2v) is 6.83. The van der Waals surface area contributed by atoms with E-state index >= 15 is 0 Å². The Morgan fingerprint density at radius 2 is 1.28 bits per heavy atom. The van der Waals surface area contributed by atoms with E-state index in [4.69, 9.17) is 9.47 Å². The second-order valence-electron chi connectivity index (χ2n) is 6.83. The van der Waals surface area contributed by atoms with Crippen molar-refractivity contribution in [3.63, 3.8) is 0 Å². The van der Waals surface area contributed by atoms with Crippen LogP contribution in [0.2, 0.25) is 0 Å². The van der Waals surface area contributed by atoms with Gasteiger partial charge in [0.1, 0.15) is 17.4 Å². The Morgan fingerprint density at radius 1 is 0.759 bits per heavy atom. The highest BCUT2D eigenvalue weighted by Crippen LogP contribution is 2.17. The van der Waals surface area contributed by atoms with Crippen molar-refractivity contribution >= 4 is 11.9 Å². The molecule has 0 spiro atoms. The molecule has 0 amide bonds. The fraction of sp³-hybridized carbons (Fsp3) is 0.391. The summed E-state index contributed by atoms with van der Waals surface area (Å²) in [6.07, 6.45) is 7.94. The fourth-order valence-corrected chi connectivity index (χ4v) is 2.80. The largest absolute Gasteiger partial charge is 0.462 e. The summed E-state index contributed by atoms with van der Waals surface area (Å²) in [4.78, 5) is 24.1. The van der Waals surface area contributed by atoms with Gasteiger partial charge in [-0.05, 0) is 30.7 Å². The van der Waals surface area contributed by atoms with Crippen molar-refractivity contribution in [2.45, 2.75) is 51.9 Å². The van der Waals surface area contributed by atoms with E-state index in [1.165, 1.54) is 49.9 Å². The Labute approximate surface area is 169 Å². The van der Waals surface area contributed by atoms with Crippen LogP contribution in [-0.2, 0) is 4.74 Å². The number of carbonyl (C=O) groups is 2. The highest BCUT2D eigenvalue weighted by Gasteiger charge is 2.13. The summed E-state index contributed by atoms with van der Waals surface area (Å²) in [7, 11) is 0. The van der Waals surface area contributed by atoms with Gasteiger partial charge < -0.3 is 9.47 Å². The van der Waals surface area contributed by atoms with Gasteiger partial charge in [-0.15, -0.1) is 0 Å². The Hall–Kier alpha value is -2.76. The van der Waals surface area contributed by atoms with Crippen LogP contribution in [0.4, 0.5) is 8.78 Å². The van der Waals surface area contributed by atoms with E-state index < -0.39 is 23.6 Å². The van der Waals surface area contributed by atoms with E-state index in [9.17, 15) is 18.4 Å². The van der Waals surface area contributed by atoms with Crippen LogP contribution >= 0.6 is 0 Å². The van der Waals surface area contributed by atoms with Crippen LogP contribution < -0.4 is 4.74 Å². The van der Waals surface area contributed by atoms with Crippen LogP contribution in [-0.4, -0.2) is 18.5 Å². The molecule has 0 aliphatic heterocycles. The van der Waals surface area contributed by atoms with Gasteiger partial charge in [0.15, 0.2) is 0 Å². The molecule has 2 aromatic carbocycles. The summed E-state index contributed by atoms with van der Waals surface area (Å²) in [6.45, 7) is 2.54. The molecule has 6 heteroatoms. The molecule has 2 rings (SSSR count). The lowest BCUT2D eigenvalue weighted by molar-refractivity contribution is 0.0497. The third-order valence-corrected chi connectivity index (χ3v) is 4.38. The molecule has 0 heterocycles. The van der Waals surface area contributed by atoms with Crippen molar-refractivity contribution in [1.29, 1.82) is 0 Å². The molecular formula is C23H26F2O4. The molecule has 29 heavy (non-hydrogen) atoms. The smallest absolute Gasteiger partial charge is 0.343 e.